The van der Waals surface area contributed by atoms with E-state index in [1.165, 1.54) is 12.8 Å². The zero-order valence-electron chi connectivity index (χ0n) is 10.1. The largest absolute Gasteiger partial charge is 0.343 e. The van der Waals surface area contributed by atoms with Crippen molar-refractivity contribution in [1.29, 1.82) is 0 Å². The maximum atomic E-state index is 12.0. The molecule has 0 aromatic carbocycles. The van der Waals surface area contributed by atoms with Crippen LogP contribution in [0.25, 0.3) is 0 Å². The molecule has 1 unspecified atom stereocenters. The molecule has 0 aromatic rings. The summed E-state index contributed by atoms with van der Waals surface area (Å²) in [4.78, 5) is 25.3. The van der Waals surface area contributed by atoms with Gasteiger partial charge < -0.3 is 10.2 Å². The Labute approximate surface area is 96.4 Å². The van der Waals surface area contributed by atoms with Gasteiger partial charge in [-0.15, -0.1) is 0 Å². The average molecular weight is 224 g/mol. The van der Waals surface area contributed by atoms with Crippen molar-refractivity contribution in [3.63, 3.8) is 0 Å². The van der Waals surface area contributed by atoms with Gasteiger partial charge in [-0.3, -0.25) is 9.59 Å². The summed E-state index contributed by atoms with van der Waals surface area (Å²) in [5.74, 6) is 0.0835. The normalized spacial score (nSPS) is 27.9. The van der Waals surface area contributed by atoms with E-state index in [1.807, 2.05) is 6.92 Å². The average Bonchev–Trinajstić information content (AvgIpc) is 3.03. The molecule has 4 heteroatoms. The van der Waals surface area contributed by atoms with Gasteiger partial charge in [0.25, 0.3) is 0 Å². The monoisotopic (exact) mass is 224 g/mol. The number of hydrogen-bond acceptors (Lipinski definition) is 2. The second-order valence-electron chi connectivity index (χ2n) is 5.08. The lowest BCUT2D eigenvalue weighted by Crippen LogP contribution is -2.58. The summed E-state index contributed by atoms with van der Waals surface area (Å²) >= 11 is 0. The summed E-state index contributed by atoms with van der Waals surface area (Å²) in [6.07, 6.45) is 4.19. The quantitative estimate of drug-likeness (QED) is 0.771. The third kappa shape index (κ3) is 2.06. The number of piperazine rings is 1. The SMILES string of the molecule is CCC1NC(=O)CN(CC2(CC)CC2)C1=O. The van der Waals surface area contributed by atoms with Crippen LogP contribution in [0.1, 0.15) is 39.5 Å². The highest BCUT2D eigenvalue weighted by molar-refractivity contribution is 5.94. The lowest BCUT2D eigenvalue weighted by Gasteiger charge is -2.34. The van der Waals surface area contributed by atoms with E-state index in [0.717, 1.165) is 13.0 Å². The Bertz CT molecular complexity index is 310. The van der Waals surface area contributed by atoms with Crippen LogP contribution < -0.4 is 5.32 Å². The maximum Gasteiger partial charge on any atom is 0.245 e. The molecule has 1 aliphatic heterocycles. The molecule has 1 atom stereocenters. The van der Waals surface area contributed by atoms with E-state index in [9.17, 15) is 9.59 Å². The Balaban J connectivity index is 2.02. The number of nitrogens with one attached hydrogen (secondary N) is 1. The Morgan fingerprint density at radius 2 is 2.06 bits per heavy atom. The van der Waals surface area contributed by atoms with Gasteiger partial charge in [-0.25, -0.2) is 0 Å². The van der Waals surface area contributed by atoms with E-state index in [1.54, 1.807) is 4.90 Å². The van der Waals surface area contributed by atoms with Gasteiger partial charge in [-0.1, -0.05) is 13.8 Å². The van der Waals surface area contributed by atoms with Crippen LogP contribution in [-0.4, -0.2) is 35.8 Å². The van der Waals surface area contributed by atoms with Gasteiger partial charge in [-0.2, -0.15) is 0 Å². The minimum atomic E-state index is -0.297. The molecule has 2 aliphatic rings. The van der Waals surface area contributed by atoms with Crippen LogP contribution in [0.15, 0.2) is 0 Å². The first-order chi connectivity index (χ1) is 7.60. The van der Waals surface area contributed by atoms with Crippen LogP contribution in [0.2, 0.25) is 0 Å². The second-order valence-corrected chi connectivity index (χ2v) is 5.08. The van der Waals surface area contributed by atoms with Crippen LogP contribution in [-0.2, 0) is 9.59 Å². The van der Waals surface area contributed by atoms with Crippen LogP contribution in [0, 0.1) is 5.41 Å². The summed E-state index contributed by atoms with van der Waals surface area (Å²) in [5, 5.41) is 2.74. The Morgan fingerprint density at radius 3 is 2.56 bits per heavy atom. The molecule has 2 amide bonds. The molecule has 1 aliphatic carbocycles. The number of nitrogens with zero attached hydrogens (tertiary/aromatic N) is 1. The second kappa shape index (κ2) is 4.07. The van der Waals surface area contributed by atoms with E-state index in [-0.39, 0.29) is 24.4 Å². The van der Waals surface area contributed by atoms with Crippen molar-refractivity contribution >= 4 is 11.8 Å². The summed E-state index contributed by atoms with van der Waals surface area (Å²) in [6, 6.07) is -0.297. The van der Waals surface area contributed by atoms with Gasteiger partial charge in [0.1, 0.15) is 6.04 Å². The third-order valence-corrected chi connectivity index (χ3v) is 3.92. The Hall–Kier alpha value is -1.06. The first-order valence-corrected chi connectivity index (χ1v) is 6.18. The number of amides is 2. The van der Waals surface area contributed by atoms with E-state index in [2.05, 4.69) is 12.2 Å². The molecule has 2 rings (SSSR count). The molecule has 0 spiro atoms. The van der Waals surface area contributed by atoms with Gasteiger partial charge >= 0.3 is 0 Å². The predicted octanol–water partition coefficient (Wildman–Crippen LogP) is 0.914. The molecule has 1 heterocycles. The van der Waals surface area contributed by atoms with Crippen molar-refractivity contribution in [3.8, 4) is 0 Å². The van der Waals surface area contributed by atoms with Gasteiger partial charge in [0, 0.05) is 6.54 Å². The van der Waals surface area contributed by atoms with E-state index in [4.69, 9.17) is 0 Å². The van der Waals surface area contributed by atoms with E-state index >= 15 is 0 Å². The van der Waals surface area contributed by atoms with Crippen molar-refractivity contribution in [3.05, 3.63) is 0 Å². The molecule has 1 saturated heterocycles. The minimum absolute atomic E-state index is 0.0154. The first-order valence-electron chi connectivity index (χ1n) is 6.18. The van der Waals surface area contributed by atoms with Gasteiger partial charge in [-0.05, 0) is 31.1 Å². The van der Waals surface area contributed by atoms with Crippen molar-refractivity contribution < 1.29 is 9.59 Å². The smallest absolute Gasteiger partial charge is 0.245 e. The molecule has 4 nitrogen and oxygen atoms in total. The highest BCUT2D eigenvalue weighted by Gasteiger charge is 2.44. The zero-order chi connectivity index (χ0) is 11.8. The van der Waals surface area contributed by atoms with Gasteiger partial charge in [0.2, 0.25) is 11.8 Å². The van der Waals surface area contributed by atoms with Gasteiger partial charge in [0.05, 0.1) is 6.54 Å². The molecule has 2 fully saturated rings. The molecule has 0 aromatic heterocycles. The van der Waals surface area contributed by atoms with Crippen LogP contribution in [0.4, 0.5) is 0 Å². The zero-order valence-corrected chi connectivity index (χ0v) is 10.1. The fourth-order valence-electron chi connectivity index (χ4n) is 2.39. The number of hydrogen-bond donors (Lipinski definition) is 1. The van der Waals surface area contributed by atoms with E-state index in [0.29, 0.717) is 11.8 Å². The molecular weight excluding hydrogens is 204 g/mol. The van der Waals surface area contributed by atoms with Crippen LogP contribution in [0.5, 0.6) is 0 Å². The van der Waals surface area contributed by atoms with Crippen LogP contribution >= 0.6 is 0 Å². The summed E-state index contributed by atoms with van der Waals surface area (Å²) in [5.41, 5.74) is 0.325. The highest BCUT2D eigenvalue weighted by atomic mass is 16.2. The van der Waals surface area contributed by atoms with E-state index < -0.39 is 0 Å². The Morgan fingerprint density at radius 1 is 1.38 bits per heavy atom. The first kappa shape index (κ1) is 11.4. The molecule has 16 heavy (non-hydrogen) atoms. The maximum absolute atomic E-state index is 12.0. The van der Waals surface area contributed by atoms with Crippen molar-refractivity contribution in [2.75, 3.05) is 13.1 Å². The molecule has 0 radical (unpaired) electrons. The van der Waals surface area contributed by atoms with Crippen molar-refractivity contribution in [1.82, 2.24) is 10.2 Å². The molecule has 1 N–H and O–H groups in total. The predicted molar refractivity (Wildman–Crippen MR) is 60.8 cm³/mol. The van der Waals surface area contributed by atoms with Crippen LogP contribution in [0.3, 0.4) is 0 Å². The molecule has 90 valence electrons. The lowest BCUT2D eigenvalue weighted by molar-refractivity contribution is -0.145. The fourth-order valence-corrected chi connectivity index (χ4v) is 2.39. The number of carbonyl (C=O) groups excluding carboxylic acids is 2. The van der Waals surface area contributed by atoms with Crippen molar-refractivity contribution in [2.45, 2.75) is 45.6 Å². The summed E-state index contributed by atoms with van der Waals surface area (Å²) in [6.45, 7) is 5.11. The third-order valence-electron chi connectivity index (χ3n) is 3.92. The summed E-state index contributed by atoms with van der Waals surface area (Å²) in [7, 11) is 0. The number of carbonyl (C=O) groups is 2. The standard InChI is InChI=1S/C12H20N2O2/c1-3-9-11(16)14(7-10(15)13-9)8-12(4-2)5-6-12/h9H,3-8H2,1-2H3,(H,13,15). The molecule has 0 bridgehead atoms. The van der Waals surface area contributed by atoms with Gasteiger partial charge in [0.15, 0.2) is 0 Å². The molecular formula is C12H20N2O2. The minimum Gasteiger partial charge on any atom is -0.343 e. The Kier molecular flexibility index (Phi) is 2.91. The topological polar surface area (TPSA) is 49.4 Å². The lowest BCUT2D eigenvalue weighted by atomic mass is 10.0. The fraction of sp³-hybridized carbons (Fsp3) is 0.833. The van der Waals surface area contributed by atoms with Crippen molar-refractivity contribution in [2.24, 2.45) is 5.41 Å². The number of rotatable bonds is 4. The summed E-state index contributed by atoms with van der Waals surface area (Å²) < 4.78 is 0. The molecule has 1 saturated carbocycles. The highest BCUT2D eigenvalue weighted by Crippen LogP contribution is 2.49.